The number of ether oxygens (including phenoxy) is 1. The van der Waals surface area contributed by atoms with E-state index in [4.69, 9.17) is 4.74 Å². The summed E-state index contributed by atoms with van der Waals surface area (Å²) in [5, 5.41) is 4.31. The molecule has 0 atom stereocenters. The molecule has 6 heteroatoms. The average molecular weight is 375 g/mol. The number of thiazole rings is 1. The number of hydrogen-bond acceptors (Lipinski definition) is 5. The number of hydrogen-bond donors (Lipinski definition) is 0. The SMILES string of the molecule is COc1cccc(C=c2sc3nc(C=Cc4ccc(C)cc4)nn3c2=O)c1. The maximum atomic E-state index is 12.6. The highest BCUT2D eigenvalue weighted by molar-refractivity contribution is 7.15. The van der Waals surface area contributed by atoms with E-state index in [1.807, 2.05) is 54.6 Å². The Bertz CT molecular complexity index is 1240. The van der Waals surface area contributed by atoms with Gasteiger partial charge in [-0.25, -0.2) is 0 Å². The zero-order valence-corrected chi connectivity index (χ0v) is 15.7. The number of nitrogens with zero attached hydrogens (tertiary/aromatic N) is 3. The Labute approximate surface area is 159 Å². The van der Waals surface area contributed by atoms with Crippen molar-refractivity contribution in [2.45, 2.75) is 6.92 Å². The third-order valence-electron chi connectivity index (χ3n) is 4.09. The lowest BCUT2D eigenvalue weighted by Gasteiger charge is -1.99. The van der Waals surface area contributed by atoms with Gasteiger partial charge in [0.2, 0.25) is 4.96 Å². The van der Waals surface area contributed by atoms with E-state index in [2.05, 4.69) is 29.1 Å². The second-order valence-electron chi connectivity index (χ2n) is 6.10. The van der Waals surface area contributed by atoms with Crippen LogP contribution in [0.15, 0.2) is 53.3 Å². The van der Waals surface area contributed by atoms with Gasteiger partial charge in [-0.3, -0.25) is 4.79 Å². The average Bonchev–Trinajstić information content (AvgIpc) is 3.21. The molecular weight excluding hydrogens is 358 g/mol. The Hall–Kier alpha value is -3.25. The number of benzene rings is 2. The molecule has 2 aromatic heterocycles. The van der Waals surface area contributed by atoms with Gasteiger partial charge in [-0.2, -0.15) is 9.50 Å². The molecule has 0 fully saturated rings. The van der Waals surface area contributed by atoms with Crippen LogP contribution in [0.2, 0.25) is 0 Å². The summed E-state index contributed by atoms with van der Waals surface area (Å²) in [6.45, 7) is 2.05. The fraction of sp³-hybridized carbons (Fsp3) is 0.0952. The van der Waals surface area contributed by atoms with Crippen LogP contribution >= 0.6 is 11.3 Å². The molecule has 0 aliphatic heterocycles. The van der Waals surface area contributed by atoms with Gasteiger partial charge in [0.15, 0.2) is 5.82 Å². The Balaban J connectivity index is 1.66. The lowest BCUT2D eigenvalue weighted by atomic mass is 10.1. The molecule has 0 bridgehead atoms. The number of methoxy groups -OCH3 is 1. The zero-order chi connectivity index (χ0) is 18.8. The van der Waals surface area contributed by atoms with E-state index < -0.39 is 0 Å². The summed E-state index contributed by atoms with van der Waals surface area (Å²) >= 11 is 1.32. The fourth-order valence-corrected chi connectivity index (χ4v) is 3.57. The van der Waals surface area contributed by atoms with Gasteiger partial charge in [-0.05, 0) is 42.3 Å². The second kappa shape index (κ2) is 7.17. The molecule has 0 spiro atoms. The van der Waals surface area contributed by atoms with Crippen LogP contribution < -0.4 is 14.8 Å². The van der Waals surface area contributed by atoms with Crippen LogP contribution in [0.25, 0.3) is 23.2 Å². The lowest BCUT2D eigenvalue weighted by Crippen LogP contribution is -2.23. The first-order valence-electron chi connectivity index (χ1n) is 8.42. The zero-order valence-electron chi connectivity index (χ0n) is 14.9. The van der Waals surface area contributed by atoms with Gasteiger partial charge in [0.25, 0.3) is 5.56 Å². The summed E-state index contributed by atoms with van der Waals surface area (Å²) in [6, 6.07) is 15.7. The van der Waals surface area contributed by atoms with Crippen LogP contribution in [-0.2, 0) is 0 Å². The maximum absolute atomic E-state index is 12.6. The van der Waals surface area contributed by atoms with E-state index in [1.54, 1.807) is 7.11 Å². The highest BCUT2D eigenvalue weighted by atomic mass is 32.1. The molecule has 2 heterocycles. The highest BCUT2D eigenvalue weighted by Crippen LogP contribution is 2.13. The topological polar surface area (TPSA) is 56.5 Å². The summed E-state index contributed by atoms with van der Waals surface area (Å²) in [7, 11) is 1.62. The maximum Gasteiger partial charge on any atom is 0.291 e. The van der Waals surface area contributed by atoms with Crippen molar-refractivity contribution in [2.24, 2.45) is 0 Å². The number of rotatable bonds is 4. The molecule has 2 aromatic carbocycles. The first kappa shape index (κ1) is 17.2. The quantitative estimate of drug-likeness (QED) is 0.550. The molecule has 134 valence electrons. The van der Waals surface area contributed by atoms with Crippen LogP contribution in [0, 0.1) is 6.92 Å². The number of aryl methyl sites for hydroxylation is 1. The molecule has 0 N–H and O–H groups in total. The highest BCUT2D eigenvalue weighted by Gasteiger charge is 2.09. The minimum atomic E-state index is -0.166. The van der Waals surface area contributed by atoms with Gasteiger partial charge in [0.1, 0.15) is 5.75 Å². The summed E-state index contributed by atoms with van der Waals surface area (Å²) in [5.41, 5.74) is 3.01. The molecule has 0 amide bonds. The fourth-order valence-electron chi connectivity index (χ4n) is 2.65. The van der Waals surface area contributed by atoms with E-state index in [0.29, 0.717) is 15.3 Å². The number of fused-ring (bicyclic) bond motifs is 1. The minimum absolute atomic E-state index is 0.166. The van der Waals surface area contributed by atoms with Crippen LogP contribution in [0.3, 0.4) is 0 Å². The van der Waals surface area contributed by atoms with Crippen molar-refractivity contribution in [1.82, 2.24) is 14.6 Å². The molecule has 5 nitrogen and oxygen atoms in total. The molecule has 0 saturated heterocycles. The molecule has 27 heavy (non-hydrogen) atoms. The predicted molar refractivity (Wildman–Crippen MR) is 109 cm³/mol. The van der Waals surface area contributed by atoms with E-state index in [9.17, 15) is 4.79 Å². The van der Waals surface area contributed by atoms with Crippen molar-refractivity contribution in [3.8, 4) is 5.75 Å². The molecule has 0 saturated carbocycles. The summed E-state index contributed by atoms with van der Waals surface area (Å²) in [5.74, 6) is 1.27. The third-order valence-corrected chi connectivity index (χ3v) is 5.05. The normalized spacial score (nSPS) is 12.3. The van der Waals surface area contributed by atoms with Crippen LogP contribution in [-0.4, -0.2) is 21.7 Å². The van der Waals surface area contributed by atoms with Crippen LogP contribution in [0.4, 0.5) is 0 Å². The van der Waals surface area contributed by atoms with E-state index >= 15 is 0 Å². The summed E-state index contributed by atoms with van der Waals surface area (Å²) in [4.78, 5) is 17.6. The van der Waals surface area contributed by atoms with Gasteiger partial charge in [0, 0.05) is 0 Å². The van der Waals surface area contributed by atoms with Gasteiger partial charge < -0.3 is 4.74 Å². The van der Waals surface area contributed by atoms with Gasteiger partial charge in [-0.15, -0.1) is 5.10 Å². The Morgan fingerprint density at radius 3 is 2.63 bits per heavy atom. The molecular formula is C21H17N3O2S. The first-order chi connectivity index (χ1) is 13.1. The second-order valence-corrected chi connectivity index (χ2v) is 7.11. The largest absolute Gasteiger partial charge is 0.497 e. The van der Waals surface area contributed by atoms with Gasteiger partial charge in [0.05, 0.1) is 11.6 Å². The van der Waals surface area contributed by atoms with Gasteiger partial charge in [-0.1, -0.05) is 59.4 Å². The molecule has 0 aliphatic rings. The first-order valence-corrected chi connectivity index (χ1v) is 9.24. The Morgan fingerprint density at radius 2 is 1.89 bits per heavy atom. The van der Waals surface area contributed by atoms with E-state index in [0.717, 1.165) is 16.9 Å². The smallest absolute Gasteiger partial charge is 0.291 e. The standard InChI is InChI=1S/C21H17N3O2S/c1-14-6-8-15(9-7-14)10-11-19-22-21-24(23-19)20(25)18(27-21)13-16-4-3-5-17(12-16)26-2/h3-13H,1-2H3. The van der Waals surface area contributed by atoms with Crippen LogP contribution in [0.1, 0.15) is 22.5 Å². The van der Waals surface area contributed by atoms with Crippen molar-refractivity contribution < 1.29 is 4.74 Å². The summed E-state index contributed by atoms with van der Waals surface area (Å²) in [6.07, 6.45) is 5.58. The van der Waals surface area contributed by atoms with Crippen molar-refractivity contribution in [2.75, 3.05) is 7.11 Å². The Kier molecular flexibility index (Phi) is 4.56. The van der Waals surface area contributed by atoms with Crippen molar-refractivity contribution in [3.05, 3.63) is 85.9 Å². The van der Waals surface area contributed by atoms with Crippen molar-refractivity contribution in [1.29, 1.82) is 0 Å². The predicted octanol–water partition coefficient (Wildman–Crippen LogP) is 3.19. The van der Waals surface area contributed by atoms with Crippen molar-refractivity contribution in [3.63, 3.8) is 0 Å². The summed E-state index contributed by atoms with van der Waals surface area (Å²) < 4.78 is 7.16. The lowest BCUT2D eigenvalue weighted by molar-refractivity contribution is 0.414. The molecule has 0 radical (unpaired) electrons. The van der Waals surface area contributed by atoms with Crippen LogP contribution in [0.5, 0.6) is 5.75 Å². The van der Waals surface area contributed by atoms with Gasteiger partial charge >= 0.3 is 0 Å². The third kappa shape index (κ3) is 3.66. The Morgan fingerprint density at radius 1 is 1.07 bits per heavy atom. The van der Waals surface area contributed by atoms with E-state index in [-0.39, 0.29) is 5.56 Å². The monoisotopic (exact) mass is 375 g/mol. The molecule has 4 rings (SSSR count). The van der Waals surface area contributed by atoms with Crippen molar-refractivity contribution >= 4 is 34.5 Å². The minimum Gasteiger partial charge on any atom is -0.497 e. The van der Waals surface area contributed by atoms with E-state index in [1.165, 1.54) is 21.4 Å². The molecule has 4 aromatic rings. The molecule has 0 unspecified atom stereocenters. The molecule has 0 aliphatic carbocycles. The number of aromatic nitrogens is 3.